The molecule has 0 unspecified atom stereocenters. The highest BCUT2D eigenvalue weighted by Crippen LogP contribution is 2.33. The molecule has 0 fully saturated rings. The van der Waals surface area contributed by atoms with Crippen LogP contribution in [0.1, 0.15) is 15.9 Å². The second-order valence-electron chi connectivity index (χ2n) is 7.78. The van der Waals surface area contributed by atoms with Crippen LogP contribution in [-0.2, 0) is 28.4 Å². The van der Waals surface area contributed by atoms with E-state index in [-0.39, 0.29) is 49.8 Å². The second-order valence-corrected chi connectivity index (χ2v) is 7.78. The van der Waals surface area contributed by atoms with Crippen molar-refractivity contribution in [1.82, 2.24) is 9.13 Å². The van der Waals surface area contributed by atoms with Gasteiger partial charge in [-0.25, -0.2) is 0 Å². The summed E-state index contributed by atoms with van der Waals surface area (Å²) < 4.78 is 14.8. The molecule has 0 radical (unpaired) electrons. The van der Waals surface area contributed by atoms with Crippen LogP contribution in [0.4, 0.5) is 0 Å². The highest BCUT2D eigenvalue weighted by Gasteiger charge is 2.43. The normalized spacial score (nSPS) is 11.5. The maximum absolute atomic E-state index is 13.9. The molecule has 0 atom stereocenters. The number of carbonyl (C=O) groups excluding carboxylic acids is 1. The number of hydrogen-bond donors (Lipinski definition) is 4. The van der Waals surface area contributed by atoms with E-state index in [0.717, 1.165) is 0 Å². The Hall–Kier alpha value is -4.21. The minimum absolute atomic E-state index is 0.0455. The Labute approximate surface area is 201 Å². The van der Waals surface area contributed by atoms with Gasteiger partial charge in [-0.1, -0.05) is 60.7 Å². The average Bonchev–Trinajstić information content (AvgIpc) is 3.38. The van der Waals surface area contributed by atoms with Crippen LogP contribution in [0.2, 0.25) is 0 Å². The fourth-order valence-corrected chi connectivity index (χ4v) is 3.82. The molecule has 0 bridgehead atoms. The van der Waals surface area contributed by atoms with Gasteiger partial charge < -0.3 is 29.9 Å². The fourth-order valence-electron chi connectivity index (χ4n) is 3.82. The molecule has 0 amide bonds. The molecular formula is C26H26N2O7. The molecule has 4 N–H and O–H groups in total. The maximum atomic E-state index is 13.9. The van der Waals surface area contributed by atoms with Crippen LogP contribution in [0.25, 0.3) is 0 Å². The molecule has 0 saturated heterocycles. The van der Waals surface area contributed by atoms with Crippen molar-refractivity contribution in [3.05, 3.63) is 96.1 Å². The van der Waals surface area contributed by atoms with Crippen molar-refractivity contribution in [2.24, 2.45) is 0 Å². The summed E-state index contributed by atoms with van der Waals surface area (Å²) in [6.07, 6.45) is 0. The van der Waals surface area contributed by atoms with Gasteiger partial charge in [0.15, 0.2) is 23.5 Å². The molecule has 2 aromatic carbocycles. The molecule has 9 heteroatoms. The van der Waals surface area contributed by atoms with E-state index in [4.69, 9.17) is 9.47 Å². The van der Waals surface area contributed by atoms with Gasteiger partial charge in [0.1, 0.15) is 0 Å². The molecule has 4 rings (SSSR count). The molecule has 4 aromatic rings. The van der Waals surface area contributed by atoms with Crippen molar-refractivity contribution in [1.29, 1.82) is 0 Å². The average molecular weight is 479 g/mol. The maximum Gasteiger partial charge on any atom is 0.261 e. The van der Waals surface area contributed by atoms with Crippen LogP contribution in [0.15, 0.2) is 84.9 Å². The Morgan fingerprint density at radius 2 is 1.03 bits per heavy atom. The summed E-state index contributed by atoms with van der Waals surface area (Å²) in [5, 5.41) is 39.9. The van der Waals surface area contributed by atoms with Crippen molar-refractivity contribution in [3.63, 3.8) is 0 Å². The molecular weight excluding hydrogens is 452 g/mol. The standard InChI is InChI=1S/C26H26N2O7/c29-21-11-12-22(30)27(21)15-17-34-26(20-9-5-2-6-10-20,25(33)19-7-3-1-4-8-19)35-18-16-28-23(31)13-14-24(28)32/h1-14,29-32H,15-18H2. The molecule has 2 aromatic heterocycles. The number of Topliss-reactive ketones (excluding diaryl/α,β-unsaturated/α-hetero) is 1. The van der Waals surface area contributed by atoms with Gasteiger partial charge in [0.25, 0.3) is 5.79 Å². The topological polar surface area (TPSA) is 126 Å². The monoisotopic (exact) mass is 478 g/mol. The summed E-state index contributed by atoms with van der Waals surface area (Å²) in [5.74, 6) is -2.92. The van der Waals surface area contributed by atoms with Crippen LogP contribution < -0.4 is 0 Å². The highest BCUT2D eigenvalue weighted by atomic mass is 16.7. The first-order valence-electron chi connectivity index (χ1n) is 11.0. The summed E-state index contributed by atoms with van der Waals surface area (Å²) >= 11 is 0. The Kier molecular flexibility index (Phi) is 7.09. The van der Waals surface area contributed by atoms with Gasteiger partial charge in [-0.05, 0) is 0 Å². The van der Waals surface area contributed by atoms with E-state index >= 15 is 0 Å². The lowest BCUT2D eigenvalue weighted by Gasteiger charge is -2.33. The molecule has 0 spiro atoms. The minimum Gasteiger partial charge on any atom is -0.494 e. The van der Waals surface area contributed by atoms with E-state index in [1.807, 2.05) is 0 Å². The summed E-state index contributed by atoms with van der Waals surface area (Å²) in [5.41, 5.74) is 0.797. The number of rotatable bonds is 11. The molecule has 0 aliphatic rings. The van der Waals surface area contributed by atoms with Crippen molar-refractivity contribution < 1.29 is 34.7 Å². The molecule has 0 aliphatic carbocycles. The zero-order valence-electron chi connectivity index (χ0n) is 18.8. The number of aromatic hydroxyl groups is 4. The predicted molar refractivity (Wildman–Crippen MR) is 126 cm³/mol. The lowest BCUT2D eigenvalue weighted by molar-refractivity contribution is -0.212. The molecule has 0 aliphatic heterocycles. The predicted octanol–water partition coefficient (Wildman–Crippen LogP) is 3.58. The number of aromatic nitrogens is 2. The van der Waals surface area contributed by atoms with Crippen LogP contribution in [0.3, 0.4) is 0 Å². The van der Waals surface area contributed by atoms with Crippen molar-refractivity contribution in [2.75, 3.05) is 13.2 Å². The van der Waals surface area contributed by atoms with Crippen LogP contribution >= 0.6 is 0 Å². The van der Waals surface area contributed by atoms with E-state index in [1.165, 1.54) is 33.4 Å². The van der Waals surface area contributed by atoms with Gasteiger partial charge in [0, 0.05) is 35.4 Å². The SMILES string of the molecule is O=C(c1ccccc1)C(OCCn1c(O)ccc1O)(OCCn1c(O)ccc1O)c1ccccc1. The van der Waals surface area contributed by atoms with E-state index in [9.17, 15) is 25.2 Å². The Morgan fingerprint density at radius 1 is 0.629 bits per heavy atom. The van der Waals surface area contributed by atoms with E-state index in [0.29, 0.717) is 11.1 Å². The molecule has 9 nitrogen and oxygen atoms in total. The highest BCUT2D eigenvalue weighted by molar-refractivity contribution is 6.02. The zero-order chi connectivity index (χ0) is 24.8. The first kappa shape index (κ1) is 23.9. The number of carbonyl (C=O) groups is 1. The largest absolute Gasteiger partial charge is 0.494 e. The second kappa shape index (κ2) is 10.4. The summed E-state index contributed by atoms with van der Waals surface area (Å²) in [6.45, 7) is -0.0969. The number of ketones is 1. The fraction of sp³-hybridized carbons (Fsp3) is 0.192. The molecule has 182 valence electrons. The lowest BCUT2D eigenvalue weighted by Crippen LogP contribution is -2.43. The third kappa shape index (κ3) is 5.01. The summed E-state index contributed by atoms with van der Waals surface area (Å²) in [7, 11) is 0. The first-order valence-corrected chi connectivity index (χ1v) is 11.0. The smallest absolute Gasteiger partial charge is 0.261 e. The first-order chi connectivity index (χ1) is 16.9. The number of ether oxygens (including phenoxy) is 2. The number of benzene rings is 2. The lowest BCUT2D eigenvalue weighted by atomic mass is 9.95. The minimum atomic E-state index is -1.88. The van der Waals surface area contributed by atoms with Crippen molar-refractivity contribution in [3.8, 4) is 23.5 Å². The van der Waals surface area contributed by atoms with Gasteiger partial charge in [0.2, 0.25) is 5.78 Å². The quantitative estimate of drug-likeness (QED) is 0.192. The van der Waals surface area contributed by atoms with Crippen LogP contribution in [0.5, 0.6) is 23.5 Å². The van der Waals surface area contributed by atoms with Crippen LogP contribution in [-0.4, -0.2) is 48.6 Å². The van der Waals surface area contributed by atoms with E-state index in [2.05, 4.69) is 0 Å². The third-order valence-corrected chi connectivity index (χ3v) is 5.60. The summed E-state index contributed by atoms with van der Waals surface area (Å²) in [4.78, 5) is 13.9. The van der Waals surface area contributed by atoms with Gasteiger partial charge >= 0.3 is 0 Å². The zero-order valence-corrected chi connectivity index (χ0v) is 18.8. The van der Waals surface area contributed by atoms with Crippen LogP contribution in [0, 0.1) is 0 Å². The van der Waals surface area contributed by atoms with Crippen molar-refractivity contribution >= 4 is 5.78 Å². The third-order valence-electron chi connectivity index (χ3n) is 5.60. The summed E-state index contributed by atoms with van der Waals surface area (Å²) in [6, 6.07) is 22.7. The van der Waals surface area contributed by atoms with Gasteiger partial charge in [-0.15, -0.1) is 0 Å². The van der Waals surface area contributed by atoms with Gasteiger partial charge in [0.05, 0.1) is 26.3 Å². The van der Waals surface area contributed by atoms with E-state index < -0.39 is 11.6 Å². The Balaban J connectivity index is 1.67. The van der Waals surface area contributed by atoms with Gasteiger partial charge in [-0.2, -0.15) is 0 Å². The van der Waals surface area contributed by atoms with Crippen molar-refractivity contribution in [2.45, 2.75) is 18.9 Å². The molecule has 0 saturated carbocycles. The molecule has 35 heavy (non-hydrogen) atoms. The Bertz CT molecular complexity index is 1170. The van der Waals surface area contributed by atoms with E-state index in [1.54, 1.807) is 60.7 Å². The number of hydrogen-bond acceptors (Lipinski definition) is 7. The van der Waals surface area contributed by atoms with Gasteiger partial charge in [-0.3, -0.25) is 13.9 Å². The Morgan fingerprint density at radius 3 is 1.46 bits per heavy atom. The number of nitrogens with zero attached hydrogens (tertiary/aromatic N) is 2. The molecule has 2 heterocycles.